The summed E-state index contributed by atoms with van der Waals surface area (Å²) in [5.74, 6) is 0.325. The highest BCUT2D eigenvalue weighted by Crippen LogP contribution is 2.41. The number of benzene rings is 2. The standard InChI is InChI=1S/C62H80N8O16S/c1-9-41-25-45-33-63-50-31-54(52(77-7)29-48(50)60(75)68(45)35-41)84-37-43-27-47(28-44(65-43)38-85-55-32-51-49(30-53(55)78-8)61(76)69-36-42(10-2)26-46(69)34-64-51)83-18-14-66(5)40-62(3,4)87-39-58(73)67(6)15-17-80-20-22-82-24-23-81-21-19-79-16-13-59(74)86-70-56(71)11-12-57(70)72/h9-10,27-34,45-46H,11-26,35-40H2,1-8H3/b41-9+,42-10+/t45-,46-/m0/s1. The number of ether oxygens (including phenoxy) is 9. The van der Waals surface area contributed by atoms with Crippen molar-refractivity contribution in [2.75, 3.05) is 126 Å². The summed E-state index contributed by atoms with van der Waals surface area (Å²) in [5, 5.41) is 0.511. The number of carbonyl (C=O) groups excluding carboxylic acids is 6. The molecule has 87 heavy (non-hydrogen) atoms. The van der Waals surface area contributed by atoms with E-state index in [2.05, 4.69) is 30.9 Å². The van der Waals surface area contributed by atoms with E-state index in [1.54, 1.807) is 48.0 Å². The van der Waals surface area contributed by atoms with Crippen molar-refractivity contribution in [2.45, 2.75) is 89.8 Å². The second-order valence-corrected chi connectivity index (χ2v) is 23.6. The molecule has 5 amide bonds. The maximum atomic E-state index is 13.8. The van der Waals surface area contributed by atoms with Crippen molar-refractivity contribution in [3.05, 3.63) is 82.2 Å². The molecular formula is C62H80N8O16S. The van der Waals surface area contributed by atoms with Gasteiger partial charge in [-0.1, -0.05) is 23.3 Å². The van der Waals surface area contributed by atoms with Crippen LogP contribution in [0.2, 0.25) is 0 Å². The van der Waals surface area contributed by atoms with Crippen molar-refractivity contribution in [3.63, 3.8) is 0 Å². The molecule has 2 aromatic carbocycles. The van der Waals surface area contributed by atoms with Gasteiger partial charge in [0, 0.05) is 94.1 Å². The van der Waals surface area contributed by atoms with Crippen LogP contribution in [0.25, 0.3) is 0 Å². The van der Waals surface area contributed by atoms with Crippen LogP contribution in [0.3, 0.4) is 0 Å². The quantitative estimate of drug-likeness (QED) is 0.0366. The molecular weight excluding hydrogens is 1140 g/mol. The van der Waals surface area contributed by atoms with Gasteiger partial charge in [-0.25, -0.2) is 4.79 Å². The minimum Gasteiger partial charge on any atom is -0.493 e. The molecule has 0 radical (unpaired) electrons. The van der Waals surface area contributed by atoms with E-state index in [1.807, 2.05) is 55.3 Å². The molecule has 1 aromatic heterocycles. The zero-order valence-electron chi connectivity index (χ0n) is 51.0. The summed E-state index contributed by atoms with van der Waals surface area (Å²) in [4.78, 5) is 102. The predicted octanol–water partition coefficient (Wildman–Crippen LogP) is 6.35. The number of rotatable bonds is 33. The number of amides is 5. The predicted molar refractivity (Wildman–Crippen MR) is 324 cm³/mol. The molecule has 3 aromatic rings. The Labute approximate surface area is 512 Å². The highest BCUT2D eigenvalue weighted by Gasteiger charge is 2.37. The van der Waals surface area contributed by atoms with Gasteiger partial charge < -0.3 is 67.1 Å². The molecule has 0 spiro atoms. The van der Waals surface area contributed by atoms with E-state index in [9.17, 15) is 28.8 Å². The molecule has 0 N–H and O–H groups in total. The number of aromatic nitrogens is 1. The molecule has 6 heterocycles. The van der Waals surface area contributed by atoms with Gasteiger partial charge in [-0.15, -0.1) is 16.8 Å². The molecule has 0 unspecified atom stereocenters. The third-order valence-electron chi connectivity index (χ3n) is 15.0. The summed E-state index contributed by atoms with van der Waals surface area (Å²) in [6, 6.07) is 10.2. The van der Waals surface area contributed by atoms with Gasteiger partial charge in [0.05, 0.1) is 125 Å². The van der Waals surface area contributed by atoms with E-state index >= 15 is 0 Å². The second kappa shape index (κ2) is 31.5. The summed E-state index contributed by atoms with van der Waals surface area (Å²) in [6.07, 6.45) is 9.18. The molecule has 2 atom stereocenters. The third-order valence-corrected chi connectivity index (χ3v) is 16.3. The Morgan fingerprint density at radius 3 is 1.63 bits per heavy atom. The molecule has 24 nitrogen and oxygen atoms in total. The first-order valence-electron chi connectivity index (χ1n) is 29.2. The molecule has 5 aliphatic rings. The van der Waals surface area contributed by atoms with Crippen LogP contribution in [0.5, 0.6) is 28.7 Å². The zero-order chi connectivity index (χ0) is 62.0. The van der Waals surface area contributed by atoms with Gasteiger partial charge >= 0.3 is 5.97 Å². The number of hydroxylamine groups is 2. The Morgan fingerprint density at radius 1 is 0.644 bits per heavy atom. The van der Waals surface area contributed by atoms with Crippen molar-refractivity contribution in [2.24, 2.45) is 9.98 Å². The molecule has 25 heteroatoms. The van der Waals surface area contributed by atoms with Crippen LogP contribution >= 0.6 is 11.8 Å². The van der Waals surface area contributed by atoms with Crippen LogP contribution in [0, 0.1) is 0 Å². The number of carbonyl (C=O) groups is 6. The lowest BCUT2D eigenvalue weighted by atomic mass is 10.1. The summed E-state index contributed by atoms with van der Waals surface area (Å²) in [6.45, 7) is 13.6. The first-order chi connectivity index (χ1) is 42.0. The molecule has 8 rings (SSSR count). The third kappa shape index (κ3) is 18.1. The van der Waals surface area contributed by atoms with E-state index in [-0.39, 0.29) is 80.2 Å². The second-order valence-electron chi connectivity index (χ2n) is 22.0. The van der Waals surface area contributed by atoms with E-state index < -0.39 is 17.8 Å². The maximum Gasteiger partial charge on any atom is 0.335 e. The van der Waals surface area contributed by atoms with E-state index in [4.69, 9.17) is 62.4 Å². The largest absolute Gasteiger partial charge is 0.493 e. The van der Waals surface area contributed by atoms with Crippen LogP contribution in [-0.4, -0.2) is 221 Å². The monoisotopic (exact) mass is 1220 g/mol. The number of nitrogens with zero attached hydrogens (tertiary/aromatic N) is 8. The molecule has 0 aliphatic carbocycles. The lowest BCUT2D eigenvalue weighted by Gasteiger charge is -2.30. The van der Waals surface area contributed by atoms with Crippen LogP contribution in [0.1, 0.15) is 91.9 Å². The van der Waals surface area contributed by atoms with Gasteiger partial charge in [-0.2, -0.15) is 0 Å². The van der Waals surface area contributed by atoms with E-state index in [0.717, 1.165) is 12.8 Å². The Hall–Kier alpha value is -7.42. The Balaban J connectivity index is 0.788. The van der Waals surface area contributed by atoms with Gasteiger partial charge in [-0.3, -0.25) is 38.9 Å². The topological polar surface area (TPSA) is 249 Å². The molecule has 0 bridgehead atoms. The Bertz CT molecular complexity index is 2940. The fourth-order valence-electron chi connectivity index (χ4n) is 10.2. The minimum absolute atomic E-state index is 0.00475. The number of pyridine rings is 1. The SMILES string of the molecule is C/C=C1\C[C@H]2C=Nc3cc(OCc4cc(OCCN(C)CC(C)(C)SCC(=O)N(C)CCOCCOCCOCCOCCC(=O)ON5C(=O)CCC5=O)cc(COc5cc6c(cc5OC)C(=O)N5C/C(=C/C)C[C@H]5C=N6)n4)c(OC)cc3C(=O)N2C1. The number of hydrogen-bond donors (Lipinski definition) is 0. The minimum atomic E-state index is -0.722. The summed E-state index contributed by atoms with van der Waals surface area (Å²) in [7, 11) is 6.83. The number of methoxy groups -OCH3 is 2. The highest BCUT2D eigenvalue weighted by atomic mass is 32.2. The number of aliphatic imine (C=N–C) groups is 2. The van der Waals surface area contributed by atoms with Crippen LogP contribution in [0.15, 0.2) is 69.7 Å². The maximum absolute atomic E-state index is 13.8. The first-order valence-corrected chi connectivity index (χ1v) is 30.2. The number of allylic oxidation sites excluding steroid dienone is 2. The highest BCUT2D eigenvalue weighted by molar-refractivity contribution is 8.01. The van der Waals surface area contributed by atoms with Gasteiger partial charge in [0.2, 0.25) is 5.91 Å². The average molecular weight is 1230 g/mol. The van der Waals surface area contributed by atoms with Crippen LogP contribution in [0.4, 0.5) is 11.4 Å². The number of fused-ring (bicyclic) bond motifs is 4. The van der Waals surface area contributed by atoms with E-state index in [1.165, 1.54) is 25.4 Å². The van der Waals surface area contributed by atoms with Crippen LogP contribution in [-0.2, 0) is 56.2 Å². The fourth-order valence-corrected chi connectivity index (χ4v) is 11.2. The lowest BCUT2D eigenvalue weighted by molar-refractivity contribution is -0.198. The Morgan fingerprint density at radius 2 is 1.14 bits per heavy atom. The zero-order valence-corrected chi connectivity index (χ0v) is 51.8. The lowest BCUT2D eigenvalue weighted by Crippen LogP contribution is -2.38. The molecule has 0 saturated carbocycles. The molecule has 3 saturated heterocycles. The number of hydrogen-bond acceptors (Lipinski definition) is 21. The van der Waals surface area contributed by atoms with Gasteiger partial charge in [0.25, 0.3) is 23.6 Å². The summed E-state index contributed by atoms with van der Waals surface area (Å²) in [5.41, 5.74) is 5.28. The van der Waals surface area contributed by atoms with Crippen LogP contribution < -0.4 is 23.7 Å². The van der Waals surface area contributed by atoms with Gasteiger partial charge in [0.1, 0.15) is 25.6 Å². The van der Waals surface area contributed by atoms with Gasteiger partial charge in [0.15, 0.2) is 23.0 Å². The molecule has 5 aliphatic heterocycles. The summed E-state index contributed by atoms with van der Waals surface area (Å²) >= 11 is 1.58. The number of thioether (sulfide) groups is 1. The first kappa shape index (κ1) is 65.6. The smallest absolute Gasteiger partial charge is 0.335 e. The van der Waals surface area contributed by atoms with Crippen molar-refractivity contribution >= 4 is 71.1 Å². The number of imide groups is 1. The van der Waals surface area contributed by atoms with Crippen molar-refractivity contribution in [1.82, 2.24) is 29.6 Å². The van der Waals surface area contributed by atoms with E-state index in [0.29, 0.717) is 152 Å². The fraction of sp³-hybridized carbons (Fsp3) is 0.532. The van der Waals surface area contributed by atoms with Crippen molar-refractivity contribution in [3.8, 4) is 28.7 Å². The average Bonchev–Trinajstić information content (AvgIpc) is 3.25. The van der Waals surface area contributed by atoms with Crippen molar-refractivity contribution in [1.29, 1.82) is 0 Å². The Kier molecular flexibility index (Phi) is 23.7. The van der Waals surface area contributed by atoms with Gasteiger partial charge in [-0.05, 0) is 59.7 Å². The molecule has 470 valence electrons. The number of likely N-dealkylation sites (N-methyl/N-ethyl adjacent to an activating group) is 2. The van der Waals surface area contributed by atoms with Crippen molar-refractivity contribution < 1.29 is 76.2 Å². The normalized spacial score (nSPS) is 18.1. The molecule has 3 fully saturated rings. The summed E-state index contributed by atoms with van der Waals surface area (Å²) < 4.78 is 52.6.